The van der Waals surface area contributed by atoms with Crippen LogP contribution in [0.1, 0.15) is 15.9 Å². The molecule has 0 spiro atoms. The Balaban J connectivity index is 2.24. The van der Waals surface area contributed by atoms with Crippen molar-refractivity contribution in [2.75, 3.05) is 19.0 Å². The second-order valence-electron chi connectivity index (χ2n) is 4.76. The van der Waals surface area contributed by atoms with Gasteiger partial charge in [0.25, 0.3) is 0 Å². The predicted octanol–water partition coefficient (Wildman–Crippen LogP) is 4.48. The molecule has 2 rings (SSSR count). The van der Waals surface area contributed by atoms with Crippen molar-refractivity contribution in [1.82, 2.24) is 0 Å². The Morgan fingerprint density at radius 1 is 1.10 bits per heavy atom. The van der Waals surface area contributed by atoms with Crippen LogP contribution in [0.3, 0.4) is 0 Å². The molecule has 0 N–H and O–H groups in total. The summed E-state index contributed by atoms with van der Waals surface area (Å²) in [6.07, 6.45) is 0.246. The van der Waals surface area contributed by atoms with Gasteiger partial charge in [-0.3, -0.25) is 4.79 Å². The molecule has 0 radical (unpaired) electrons. The van der Waals surface area contributed by atoms with Crippen molar-refractivity contribution in [3.63, 3.8) is 0 Å². The van der Waals surface area contributed by atoms with Crippen molar-refractivity contribution < 1.29 is 4.79 Å². The van der Waals surface area contributed by atoms with Gasteiger partial charge in [0.2, 0.25) is 0 Å². The highest BCUT2D eigenvalue weighted by molar-refractivity contribution is 6.42. The molecule has 104 valence electrons. The second-order valence-corrected chi connectivity index (χ2v) is 5.54. The smallest absolute Gasteiger partial charge is 0.167 e. The molecule has 2 aromatic carbocycles. The van der Waals surface area contributed by atoms with Crippen LogP contribution in [0.4, 0.5) is 5.69 Å². The Kier molecular flexibility index (Phi) is 4.69. The lowest BCUT2D eigenvalue weighted by Gasteiger charge is -2.13. The van der Waals surface area contributed by atoms with Gasteiger partial charge in [-0.2, -0.15) is 0 Å². The first-order valence-electron chi connectivity index (χ1n) is 6.22. The van der Waals surface area contributed by atoms with Gasteiger partial charge in [-0.1, -0.05) is 47.5 Å². The van der Waals surface area contributed by atoms with E-state index in [2.05, 4.69) is 0 Å². The maximum absolute atomic E-state index is 12.3. The molecule has 0 unspecified atom stereocenters. The number of carbonyl (C=O) groups is 1. The fourth-order valence-corrected chi connectivity index (χ4v) is 2.30. The lowest BCUT2D eigenvalue weighted by molar-refractivity contribution is 0.0993. The van der Waals surface area contributed by atoms with Gasteiger partial charge in [-0.15, -0.1) is 0 Å². The fraction of sp³-hybridized carbons (Fsp3) is 0.188. The normalized spacial score (nSPS) is 10.4. The van der Waals surface area contributed by atoms with Crippen molar-refractivity contribution in [1.29, 1.82) is 0 Å². The molecule has 0 amide bonds. The Bertz CT molecular complexity index is 638. The number of carbonyl (C=O) groups excluding carboxylic acids is 1. The molecule has 4 heteroatoms. The van der Waals surface area contributed by atoms with E-state index in [-0.39, 0.29) is 12.2 Å². The predicted molar refractivity (Wildman–Crippen MR) is 85.3 cm³/mol. The summed E-state index contributed by atoms with van der Waals surface area (Å²) in [6.45, 7) is 0. The summed E-state index contributed by atoms with van der Waals surface area (Å²) in [5.41, 5.74) is 2.42. The van der Waals surface area contributed by atoms with Crippen LogP contribution in [0.2, 0.25) is 10.0 Å². The maximum atomic E-state index is 12.3. The minimum Gasteiger partial charge on any atom is -0.378 e. The molecule has 0 aliphatic heterocycles. The lowest BCUT2D eigenvalue weighted by atomic mass is 10.0. The fourth-order valence-electron chi connectivity index (χ4n) is 1.92. The summed E-state index contributed by atoms with van der Waals surface area (Å²) in [6, 6.07) is 12.9. The van der Waals surface area contributed by atoms with E-state index in [0.717, 1.165) is 11.3 Å². The van der Waals surface area contributed by atoms with Crippen molar-refractivity contribution in [2.24, 2.45) is 0 Å². The Morgan fingerprint density at radius 3 is 2.50 bits per heavy atom. The highest BCUT2D eigenvalue weighted by atomic mass is 35.5. The molecule has 0 aliphatic rings. The molecule has 2 aromatic rings. The van der Waals surface area contributed by atoms with E-state index in [0.29, 0.717) is 15.6 Å². The maximum Gasteiger partial charge on any atom is 0.167 e. The zero-order valence-corrected chi connectivity index (χ0v) is 12.9. The number of hydrogen-bond acceptors (Lipinski definition) is 2. The molecule has 0 saturated heterocycles. The third kappa shape index (κ3) is 3.33. The average Bonchev–Trinajstić information content (AvgIpc) is 2.44. The van der Waals surface area contributed by atoms with Crippen molar-refractivity contribution >= 4 is 34.7 Å². The van der Waals surface area contributed by atoms with Crippen LogP contribution in [0.15, 0.2) is 42.5 Å². The summed E-state index contributed by atoms with van der Waals surface area (Å²) in [5.74, 6) is 0.0258. The van der Waals surface area contributed by atoms with Gasteiger partial charge in [0.05, 0.1) is 10.0 Å². The van der Waals surface area contributed by atoms with Crippen LogP contribution in [0.5, 0.6) is 0 Å². The van der Waals surface area contributed by atoms with E-state index in [1.54, 1.807) is 12.1 Å². The molecule has 0 bridgehead atoms. The standard InChI is InChI=1S/C16H15Cl2NO/c1-19(2)13-7-3-5-11(9-13)15(20)10-12-6-4-8-14(17)16(12)18/h3-9H,10H2,1-2H3. The minimum atomic E-state index is 0.0258. The Hall–Kier alpha value is -1.51. The van der Waals surface area contributed by atoms with Crippen LogP contribution >= 0.6 is 23.2 Å². The van der Waals surface area contributed by atoms with Gasteiger partial charge in [-0.05, 0) is 23.8 Å². The molecule has 2 nitrogen and oxygen atoms in total. The molecule has 0 heterocycles. The first-order valence-corrected chi connectivity index (χ1v) is 6.98. The third-order valence-corrected chi connectivity index (χ3v) is 3.93. The minimum absolute atomic E-state index is 0.0258. The Labute approximate surface area is 128 Å². The van der Waals surface area contributed by atoms with Gasteiger partial charge >= 0.3 is 0 Å². The molecular weight excluding hydrogens is 293 g/mol. The topological polar surface area (TPSA) is 20.3 Å². The van der Waals surface area contributed by atoms with E-state index in [4.69, 9.17) is 23.2 Å². The Morgan fingerprint density at radius 2 is 1.80 bits per heavy atom. The van der Waals surface area contributed by atoms with Crippen LogP contribution in [0.25, 0.3) is 0 Å². The third-order valence-electron chi connectivity index (χ3n) is 3.07. The monoisotopic (exact) mass is 307 g/mol. The quantitative estimate of drug-likeness (QED) is 0.776. The number of ketones is 1. The number of halogens is 2. The molecule has 0 atom stereocenters. The molecule has 0 aliphatic carbocycles. The number of rotatable bonds is 4. The zero-order valence-electron chi connectivity index (χ0n) is 11.4. The highest BCUT2D eigenvalue weighted by Gasteiger charge is 2.12. The molecule has 0 saturated carbocycles. The van der Waals surface area contributed by atoms with Crippen molar-refractivity contribution in [2.45, 2.75) is 6.42 Å². The van der Waals surface area contributed by atoms with Crippen LogP contribution in [-0.2, 0) is 6.42 Å². The van der Waals surface area contributed by atoms with Gasteiger partial charge < -0.3 is 4.90 Å². The van der Waals surface area contributed by atoms with Gasteiger partial charge in [-0.25, -0.2) is 0 Å². The zero-order chi connectivity index (χ0) is 14.7. The molecule has 20 heavy (non-hydrogen) atoms. The first kappa shape index (κ1) is 14.9. The van der Waals surface area contributed by atoms with Crippen LogP contribution in [0, 0.1) is 0 Å². The number of Topliss-reactive ketones (excluding diaryl/α,β-unsaturated/α-hetero) is 1. The van der Waals surface area contributed by atoms with E-state index in [1.807, 2.05) is 49.3 Å². The van der Waals surface area contributed by atoms with E-state index in [9.17, 15) is 4.79 Å². The average molecular weight is 308 g/mol. The molecular formula is C16H15Cl2NO. The largest absolute Gasteiger partial charge is 0.378 e. The molecule has 0 fully saturated rings. The van der Waals surface area contributed by atoms with Crippen LogP contribution < -0.4 is 4.90 Å². The highest BCUT2D eigenvalue weighted by Crippen LogP contribution is 2.26. The number of nitrogens with zero attached hydrogens (tertiary/aromatic N) is 1. The lowest BCUT2D eigenvalue weighted by Crippen LogP contribution is -2.10. The number of hydrogen-bond donors (Lipinski definition) is 0. The summed E-state index contributed by atoms with van der Waals surface area (Å²) < 4.78 is 0. The van der Waals surface area contributed by atoms with Crippen molar-refractivity contribution in [3.8, 4) is 0 Å². The van der Waals surface area contributed by atoms with E-state index >= 15 is 0 Å². The first-order chi connectivity index (χ1) is 9.49. The molecule has 0 aromatic heterocycles. The second kappa shape index (κ2) is 6.29. The van der Waals surface area contributed by atoms with Crippen molar-refractivity contribution in [3.05, 3.63) is 63.6 Å². The van der Waals surface area contributed by atoms with Crippen LogP contribution in [-0.4, -0.2) is 19.9 Å². The van der Waals surface area contributed by atoms with E-state index in [1.165, 1.54) is 0 Å². The van der Waals surface area contributed by atoms with Gasteiger partial charge in [0, 0.05) is 31.8 Å². The van der Waals surface area contributed by atoms with Gasteiger partial charge in [0.1, 0.15) is 0 Å². The summed E-state index contributed by atoms with van der Waals surface area (Å²) in [5, 5.41) is 0.922. The summed E-state index contributed by atoms with van der Waals surface area (Å²) in [4.78, 5) is 14.3. The van der Waals surface area contributed by atoms with Gasteiger partial charge in [0.15, 0.2) is 5.78 Å². The van der Waals surface area contributed by atoms with E-state index < -0.39 is 0 Å². The number of anilines is 1. The summed E-state index contributed by atoms with van der Waals surface area (Å²) >= 11 is 12.1. The SMILES string of the molecule is CN(C)c1cccc(C(=O)Cc2cccc(Cl)c2Cl)c1. The number of benzene rings is 2. The summed E-state index contributed by atoms with van der Waals surface area (Å²) in [7, 11) is 3.88.